The number of carbonyl (C=O) groups excluding carboxylic acids is 1. The van der Waals surface area contributed by atoms with Crippen molar-refractivity contribution >= 4 is 12.1 Å². The Labute approximate surface area is 185 Å². The van der Waals surface area contributed by atoms with E-state index in [0.29, 0.717) is 19.6 Å². The molecule has 0 aliphatic rings. The molecule has 8 nitrogen and oxygen atoms in total. The van der Waals surface area contributed by atoms with Crippen molar-refractivity contribution in [3.8, 4) is 5.69 Å². The summed E-state index contributed by atoms with van der Waals surface area (Å²) in [6, 6.07) is 10.2. The number of benzene rings is 1. The van der Waals surface area contributed by atoms with E-state index in [1.807, 2.05) is 51.4 Å². The van der Waals surface area contributed by atoms with Crippen molar-refractivity contribution in [3.63, 3.8) is 0 Å². The highest BCUT2D eigenvalue weighted by molar-refractivity contribution is 5.79. The van der Waals surface area contributed by atoms with Crippen molar-refractivity contribution in [1.29, 1.82) is 0 Å². The molecule has 0 aliphatic heterocycles. The first-order chi connectivity index (χ1) is 14.7. The molecule has 0 saturated carbocycles. The monoisotopic (exact) mass is 428 g/mol. The van der Waals surface area contributed by atoms with Crippen LogP contribution in [0.2, 0.25) is 0 Å². The van der Waals surface area contributed by atoms with E-state index in [-0.39, 0.29) is 0 Å². The first-order valence-electron chi connectivity index (χ1n) is 10.8. The third-order valence-electron chi connectivity index (χ3n) is 4.30. The summed E-state index contributed by atoms with van der Waals surface area (Å²) in [6.45, 7) is 14.1. The third-order valence-corrected chi connectivity index (χ3v) is 4.30. The van der Waals surface area contributed by atoms with Crippen LogP contribution in [0.5, 0.6) is 0 Å². The molecule has 0 aliphatic carbocycles. The minimum absolute atomic E-state index is 0.395. The lowest BCUT2D eigenvalue weighted by Gasteiger charge is -2.19. The van der Waals surface area contributed by atoms with Gasteiger partial charge in [-0.25, -0.2) is 14.5 Å². The van der Waals surface area contributed by atoms with Crippen molar-refractivity contribution in [2.75, 3.05) is 19.6 Å². The first-order valence-corrected chi connectivity index (χ1v) is 10.8. The molecule has 0 radical (unpaired) electrons. The van der Waals surface area contributed by atoms with E-state index >= 15 is 0 Å². The smallest absolute Gasteiger partial charge is 0.407 e. The van der Waals surface area contributed by atoms with Crippen LogP contribution < -0.4 is 16.0 Å². The number of aliphatic imine (C=N–C) groups is 1. The summed E-state index contributed by atoms with van der Waals surface area (Å²) in [7, 11) is 0. The van der Waals surface area contributed by atoms with Crippen LogP contribution in [-0.2, 0) is 11.3 Å². The zero-order chi connectivity index (χ0) is 22.9. The number of alkyl carbamates (subject to hydrolysis) is 1. The molecule has 3 N–H and O–H groups in total. The molecule has 31 heavy (non-hydrogen) atoms. The van der Waals surface area contributed by atoms with Crippen molar-refractivity contribution in [1.82, 2.24) is 25.7 Å². The molecule has 1 heterocycles. The molecule has 1 amide bonds. The molecule has 1 aromatic carbocycles. The zero-order valence-electron chi connectivity index (χ0n) is 19.6. The van der Waals surface area contributed by atoms with E-state index in [1.54, 1.807) is 0 Å². The molecule has 2 aromatic rings. The molecular weight excluding hydrogens is 392 g/mol. The van der Waals surface area contributed by atoms with Gasteiger partial charge in [-0.1, -0.05) is 18.2 Å². The second-order valence-electron chi connectivity index (χ2n) is 8.37. The Balaban J connectivity index is 1.92. The van der Waals surface area contributed by atoms with Gasteiger partial charge in [-0.3, -0.25) is 0 Å². The second kappa shape index (κ2) is 11.4. The lowest BCUT2D eigenvalue weighted by molar-refractivity contribution is 0.0527. The van der Waals surface area contributed by atoms with Crippen molar-refractivity contribution < 1.29 is 9.53 Å². The van der Waals surface area contributed by atoms with Gasteiger partial charge in [0.25, 0.3) is 0 Å². The van der Waals surface area contributed by atoms with Crippen LogP contribution in [-0.4, -0.2) is 47.1 Å². The number of amides is 1. The molecule has 0 unspecified atom stereocenters. The largest absolute Gasteiger partial charge is 0.444 e. The van der Waals surface area contributed by atoms with Crippen LogP contribution in [0.15, 0.2) is 35.3 Å². The molecular formula is C23H36N6O2. The maximum Gasteiger partial charge on any atom is 0.407 e. The Morgan fingerprint density at radius 2 is 1.84 bits per heavy atom. The third kappa shape index (κ3) is 8.32. The van der Waals surface area contributed by atoms with Gasteiger partial charge in [0.05, 0.1) is 17.9 Å². The number of aryl methyl sites for hydroxylation is 2. The summed E-state index contributed by atoms with van der Waals surface area (Å²) < 4.78 is 7.20. The van der Waals surface area contributed by atoms with Crippen LogP contribution >= 0.6 is 0 Å². The van der Waals surface area contributed by atoms with E-state index in [0.717, 1.165) is 41.6 Å². The number of nitrogens with zero attached hydrogens (tertiary/aromatic N) is 3. The molecule has 2 rings (SSSR count). The van der Waals surface area contributed by atoms with E-state index in [1.165, 1.54) is 0 Å². The Bertz CT molecular complexity index is 882. The Hall–Kier alpha value is -3.03. The van der Waals surface area contributed by atoms with Crippen LogP contribution in [0.3, 0.4) is 0 Å². The summed E-state index contributed by atoms with van der Waals surface area (Å²) in [4.78, 5) is 16.4. The normalized spacial score (nSPS) is 11.9. The fraction of sp³-hybridized carbons (Fsp3) is 0.522. The van der Waals surface area contributed by atoms with Crippen LogP contribution in [0, 0.1) is 13.8 Å². The van der Waals surface area contributed by atoms with Crippen LogP contribution in [0.4, 0.5) is 4.79 Å². The maximum atomic E-state index is 11.7. The summed E-state index contributed by atoms with van der Waals surface area (Å²) in [6.07, 6.45) is 0.361. The zero-order valence-corrected chi connectivity index (χ0v) is 19.6. The minimum atomic E-state index is -0.489. The quantitative estimate of drug-likeness (QED) is 0.340. The Morgan fingerprint density at radius 3 is 2.48 bits per heavy atom. The van der Waals surface area contributed by atoms with E-state index in [4.69, 9.17) is 9.73 Å². The number of rotatable bonds is 8. The summed E-state index contributed by atoms with van der Waals surface area (Å²) >= 11 is 0. The molecule has 170 valence electrons. The molecule has 0 atom stereocenters. The number of nitrogens with one attached hydrogen (secondary N) is 3. The van der Waals surface area contributed by atoms with Gasteiger partial charge in [-0.2, -0.15) is 5.10 Å². The molecule has 0 spiro atoms. The first kappa shape index (κ1) is 24.2. The number of guanidine groups is 1. The summed E-state index contributed by atoms with van der Waals surface area (Å²) in [5, 5.41) is 13.9. The van der Waals surface area contributed by atoms with Gasteiger partial charge in [-0.15, -0.1) is 0 Å². The number of hydrogen-bond donors (Lipinski definition) is 3. The molecule has 0 saturated heterocycles. The highest BCUT2D eigenvalue weighted by Crippen LogP contribution is 2.17. The van der Waals surface area contributed by atoms with Gasteiger partial charge in [0, 0.05) is 25.3 Å². The molecule has 8 heteroatoms. The van der Waals surface area contributed by atoms with E-state index in [9.17, 15) is 4.79 Å². The average Bonchev–Trinajstić information content (AvgIpc) is 3.02. The maximum absolute atomic E-state index is 11.7. The minimum Gasteiger partial charge on any atom is -0.444 e. The Kier molecular flexibility index (Phi) is 8.90. The average molecular weight is 429 g/mol. The van der Waals surface area contributed by atoms with Crippen molar-refractivity contribution in [3.05, 3.63) is 47.3 Å². The van der Waals surface area contributed by atoms with Crippen molar-refractivity contribution in [2.45, 2.75) is 60.1 Å². The lowest BCUT2D eigenvalue weighted by atomic mass is 10.2. The molecule has 0 bridgehead atoms. The predicted molar refractivity (Wildman–Crippen MR) is 125 cm³/mol. The van der Waals surface area contributed by atoms with Gasteiger partial charge in [0.15, 0.2) is 5.96 Å². The van der Waals surface area contributed by atoms with Gasteiger partial charge in [-0.05, 0) is 65.7 Å². The summed E-state index contributed by atoms with van der Waals surface area (Å²) in [5.41, 5.74) is 3.73. The summed E-state index contributed by atoms with van der Waals surface area (Å²) in [5.74, 6) is 0.739. The highest BCUT2D eigenvalue weighted by atomic mass is 16.6. The van der Waals surface area contributed by atoms with Crippen LogP contribution in [0.25, 0.3) is 5.69 Å². The number of para-hydroxylation sites is 1. The van der Waals surface area contributed by atoms with Crippen LogP contribution in [0.1, 0.15) is 51.1 Å². The predicted octanol–water partition coefficient (Wildman–Crippen LogP) is 3.46. The number of aromatic nitrogens is 2. The van der Waals surface area contributed by atoms with Gasteiger partial charge in [0.2, 0.25) is 0 Å². The topological polar surface area (TPSA) is 92.6 Å². The molecule has 0 fully saturated rings. The van der Waals surface area contributed by atoms with Gasteiger partial charge < -0.3 is 20.7 Å². The standard InChI is InChI=1S/C23H36N6O2/c1-7-24-21(25-13-10-14-26-22(30)31-23(4,5)6)27-16-19-11-8-9-12-20(19)29-18(3)15-17(2)28-29/h8-9,11-12,15H,7,10,13-14,16H2,1-6H3,(H,26,30)(H2,24,25,27). The Morgan fingerprint density at radius 1 is 1.13 bits per heavy atom. The van der Waals surface area contributed by atoms with E-state index < -0.39 is 11.7 Å². The number of ether oxygens (including phenoxy) is 1. The lowest BCUT2D eigenvalue weighted by Crippen LogP contribution is -2.39. The second-order valence-corrected chi connectivity index (χ2v) is 8.37. The van der Waals surface area contributed by atoms with Gasteiger partial charge in [0.1, 0.15) is 5.60 Å². The van der Waals surface area contributed by atoms with E-state index in [2.05, 4.69) is 46.2 Å². The number of carbonyl (C=O) groups is 1. The van der Waals surface area contributed by atoms with Gasteiger partial charge >= 0.3 is 6.09 Å². The van der Waals surface area contributed by atoms with Crippen molar-refractivity contribution in [2.24, 2.45) is 4.99 Å². The number of hydrogen-bond acceptors (Lipinski definition) is 4. The highest BCUT2D eigenvalue weighted by Gasteiger charge is 2.15. The fourth-order valence-electron chi connectivity index (χ4n) is 3.03. The molecule has 1 aromatic heterocycles. The fourth-order valence-corrected chi connectivity index (χ4v) is 3.03. The SMILES string of the molecule is CCNC(=NCc1ccccc1-n1nc(C)cc1C)NCCCNC(=O)OC(C)(C)C.